The van der Waals surface area contributed by atoms with Gasteiger partial charge in [-0.15, -0.1) is 11.3 Å². The van der Waals surface area contributed by atoms with Gasteiger partial charge in [0.25, 0.3) is 0 Å². The molecule has 0 aliphatic carbocycles. The maximum Gasteiger partial charge on any atom is 0.311 e. The summed E-state index contributed by atoms with van der Waals surface area (Å²) < 4.78 is 1.02. The molecule has 104 valence electrons. The van der Waals surface area contributed by atoms with Crippen molar-refractivity contribution >= 4 is 39.1 Å². The lowest BCUT2D eigenvalue weighted by molar-refractivity contribution is -0.145. The van der Waals surface area contributed by atoms with Gasteiger partial charge in [0.2, 0.25) is 0 Å². The van der Waals surface area contributed by atoms with E-state index >= 15 is 0 Å². The average molecular weight is 346 g/mol. The molecule has 2 N–H and O–H groups in total. The van der Waals surface area contributed by atoms with E-state index in [1.54, 1.807) is 16.2 Å². The second kappa shape index (κ2) is 7.02. The average Bonchev–Trinajstić information content (AvgIpc) is 2.67. The third-order valence-corrected chi connectivity index (χ3v) is 4.50. The third-order valence-electron chi connectivity index (χ3n) is 2.87. The van der Waals surface area contributed by atoms with Gasteiger partial charge < -0.3 is 15.5 Å². The zero-order valence-electron chi connectivity index (χ0n) is 10.4. The van der Waals surface area contributed by atoms with Crippen LogP contribution >= 0.6 is 27.3 Å². The molecule has 2 heterocycles. The predicted octanol–water partition coefficient (Wildman–Crippen LogP) is 0.949. The summed E-state index contributed by atoms with van der Waals surface area (Å²) in [6.07, 6.45) is 0.886. The summed E-state index contributed by atoms with van der Waals surface area (Å²) in [7, 11) is 0. The predicted molar refractivity (Wildman–Crippen MR) is 77.9 cm³/mol. The van der Waals surface area contributed by atoms with Gasteiger partial charge in [-0.05, 0) is 41.0 Å². The van der Waals surface area contributed by atoms with Gasteiger partial charge in [0, 0.05) is 24.5 Å². The van der Waals surface area contributed by atoms with Crippen LogP contribution in [-0.4, -0.2) is 42.9 Å². The minimum atomic E-state index is -0.522. The van der Waals surface area contributed by atoms with E-state index in [4.69, 9.17) is 0 Å². The van der Waals surface area contributed by atoms with Crippen LogP contribution in [0, 0.1) is 0 Å². The van der Waals surface area contributed by atoms with Gasteiger partial charge in [-0.2, -0.15) is 0 Å². The van der Waals surface area contributed by atoms with Crippen molar-refractivity contribution in [3.05, 3.63) is 20.8 Å². The van der Waals surface area contributed by atoms with E-state index in [-0.39, 0.29) is 0 Å². The number of halogens is 1. The minimum Gasteiger partial charge on any atom is -0.343 e. The quantitative estimate of drug-likeness (QED) is 0.784. The SMILES string of the molecule is O=C(NCc1ccc(Br)s1)C(=O)N1CCCNCC1. The van der Waals surface area contributed by atoms with Crippen molar-refractivity contribution in [1.29, 1.82) is 0 Å². The monoisotopic (exact) mass is 345 g/mol. The molecule has 19 heavy (non-hydrogen) atoms. The molecule has 5 nitrogen and oxygen atoms in total. The van der Waals surface area contributed by atoms with Crippen LogP contribution in [0.15, 0.2) is 15.9 Å². The summed E-state index contributed by atoms with van der Waals surface area (Å²) in [6, 6.07) is 3.85. The Labute approximate surface area is 124 Å². The summed E-state index contributed by atoms with van der Waals surface area (Å²) in [4.78, 5) is 26.4. The first-order valence-electron chi connectivity index (χ1n) is 6.19. The minimum absolute atomic E-state index is 0.396. The van der Waals surface area contributed by atoms with Crippen molar-refractivity contribution in [2.24, 2.45) is 0 Å². The molecule has 0 atom stereocenters. The normalized spacial score (nSPS) is 15.9. The van der Waals surface area contributed by atoms with E-state index in [2.05, 4.69) is 26.6 Å². The van der Waals surface area contributed by atoms with Crippen LogP contribution in [-0.2, 0) is 16.1 Å². The van der Waals surface area contributed by atoms with Gasteiger partial charge in [-0.3, -0.25) is 9.59 Å². The summed E-state index contributed by atoms with van der Waals surface area (Å²) in [6.45, 7) is 3.28. The molecule has 2 amide bonds. The van der Waals surface area contributed by atoms with Crippen molar-refractivity contribution in [3.63, 3.8) is 0 Å². The van der Waals surface area contributed by atoms with E-state index in [1.807, 2.05) is 12.1 Å². The summed E-state index contributed by atoms with van der Waals surface area (Å²) in [5.74, 6) is -0.953. The summed E-state index contributed by atoms with van der Waals surface area (Å²) in [5.41, 5.74) is 0. The number of nitrogens with zero attached hydrogens (tertiary/aromatic N) is 1. The fraction of sp³-hybridized carbons (Fsp3) is 0.500. The maximum atomic E-state index is 12.0. The number of nitrogens with one attached hydrogen (secondary N) is 2. The van der Waals surface area contributed by atoms with Crippen LogP contribution in [0.1, 0.15) is 11.3 Å². The van der Waals surface area contributed by atoms with Gasteiger partial charge in [0.1, 0.15) is 0 Å². The molecule has 0 spiro atoms. The lowest BCUT2D eigenvalue weighted by atomic mass is 10.3. The van der Waals surface area contributed by atoms with Crippen molar-refractivity contribution in [2.45, 2.75) is 13.0 Å². The highest BCUT2D eigenvalue weighted by Gasteiger charge is 2.22. The molecule has 1 aliphatic heterocycles. The fourth-order valence-corrected chi connectivity index (χ4v) is 3.31. The standard InChI is InChI=1S/C12H16BrN3O2S/c13-10-3-2-9(19-10)8-15-11(17)12(18)16-6-1-4-14-5-7-16/h2-3,14H,1,4-8H2,(H,15,17). The first-order chi connectivity index (χ1) is 9.16. The Bertz CT molecular complexity index is 456. The molecular formula is C12H16BrN3O2S. The summed E-state index contributed by atoms with van der Waals surface area (Å²) >= 11 is 4.91. The molecule has 0 bridgehead atoms. The Morgan fingerprint density at radius 2 is 2.21 bits per heavy atom. The molecule has 0 aromatic carbocycles. The molecule has 2 rings (SSSR count). The fourth-order valence-electron chi connectivity index (χ4n) is 1.88. The molecule has 0 radical (unpaired) electrons. The summed E-state index contributed by atoms with van der Waals surface area (Å²) in [5, 5.41) is 5.87. The number of hydrogen-bond acceptors (Lipinski definition) is 4. The third kappa shape index (κ3) is 4.29. The highest BCUT2D eigenvalue weighted by molar-refractivity contribution is 9.11. The number of carbonyl (C=O) groups is 2. The smallest absolute Gasteiger partial charge is 0.311 e. The van der Waals surface area contributed by atoms with E-state index in [1.165, 1.54) is 0 Å². The molecule has 1 fully saturated rings. The first-order valence-corrected chi connectivity index (χ1v) is 7.80. The van der Waals surface area contributed by atoms with Crippen LogP contribution in [0.2, 0.25) is 0 Å². The molecule has 0 saturated carbocycles. The lowest BCUT2D eigenvalue weighted by Crippen LogP contribution is -2.44. The number of amides is 2. The van der Waals surface area contributed by atoms with E-state index in [0.29, 0.717) is 19.6 Å². The lowest BCUT2D eigenvalue weighted by Gasteiger charge is -2.18. The van der Waals surface area contributed by atoms with E-state index < -0.39 is 11.8 Å². The Morgan fingerprint density at radius 1 is 1.37 bits per heavy atom. The second-order valence-corrected chi connectivity index (χ2v) is 6.83. The van der Waals surface area contributed by atoms with Gasteiger partial charge in [0.15, 0.2) is 0 Å². The Hall–Kier alpha value is -0.920. The zero-order chi connectivity index (χ0) is 13.7. The molecule has 1 aliphatic rings. The second-order valence-electron chi connectivity index (χ2n) is 4.28. The number of hydrogen-bond donors (Lipinski definition) is 2. The van der Waals surface area contributed by atoms with E-state index in [9.17, 15) is 9.59 Å². The molecule has 1 saturated heterocycles. The van der Waals surface area contributed by atoms with Crippen molar-refractivity contribution in [1.82, 2.24) is 15.5 Å². The Morgan fingerprint density at radius 3 is 2.95 bits per heavy atom. The van der Waals surface area contributed by atoms with Gasteiger partial charge in [0.05, 0.1) is 10.3 Å². The molecule has 7 heteroatoms. The van der Waals surface area contributed by atoms with Crippen molar-refractivity contribution in [2.75, 3.05) is 26.2 Å². The molecule has 1 aromatic rings. The van der Waals surface area contributed by atoms with Crippen LogP contribution < -0.4 is 10.6 Å². The Kier molecular flexibility index (Phi) is 5.35. The van der Waals surface area contributed by atoms with Crippen LogP contribution in [0.5, 0.6) is 0 Å². The number of thiophene rings is 1. The highest BCUT2D eigenvalue weighted by Crippen LogP contribution is 2.21. The zero-order valence-corrected chi connectivity index (χ0v) is 12.8. The van der Waals surface area contributed by atoms with Crippen LogP contribution in [0.25, 0.3) is 0 Å². The van der Waals surface area contributed by atoms with Gasteiger partial charge in [-0.25, -0.2) is 0 Å². The molecular weight excluding hydrogens is 330 g/mol. The highest BCUT2D eigenvalue weighted by atomic mass is 79.9. The largest absolute Gasteiger partial charge is 0.343 e. The van der Waals surface area contributed by atoms with Crippen molar-refractivity contribution in [3.8, 4) is 0 Å². The van der Waals surface area contributed by atoms with Gasteiger partial charge >= 0.3 is 11.8 Å². The van der Waals surface area contributed by atoms with Crippen LogP contribution in [0.4, 0.5) is 0 Å². The van der Waals surface area contributed by atoms with Gasteiger partial charge in [-0.1, -0.05) is 0 Å². The van der Waals surface area contributed by atoms with Crippen LogP contribution in [0.3, 0.4) is 0 Å². The first kappa shape index (κ1) is 14.5. The molecule has 0 unspecified atom stereocenters. The maximum absolute atomic E-state index is 12.0. The van der Waals surface area contributed by atoms with E-state index in [0.717, 1.165) is 28.2 Å². The molecule has 1 aromatic heterocycles. The topological polar surface area (TPSA) is 61.4 Å². The Balaban J connectivity index is 1.83. The number of rotatable bonds is 2. The number of carbonyl (C=O) groups excluding carboxylic acids is 2. The van der Waals surface area contributed by atoms with Crippen molar-refractivity contribution < 1.29 is 9.59 Å².